The number of amides is 1. The molecule has 1 aliphatic carbocycles. The van der Waals surface area contributed by atoms with Gasteiger partial charge in [0, 0.05) is 39.0 Å². The molecule has 0 saturated heterocycles. The number of rotatable bonds is 8. The molecule has 23 heavy (non-hydrogen) atoms. The van der Waals surface area contributed by atoms with Gasteiger partial charge in [0.05, 0.1) is 6.26 Å². The zero-order valence-electron chi connectivity index (χ0n) is 13.9. The van der Waals surface area contributed by atoms with E-state index in [2.05, 4.69) is 20.9 Å². The lowest BCUT2D eigenvalue weighted by atomic mass is 10.2. The van der Waals surface area contributed by atoms with E-state index in [0.29, 0.717) is 19.1 Å². The first-order valence-electron chi connectivity index (χ1n) is 8.55. The summed E-state index contributed by atoms with van der Waals surface area (Å²) in [4.78, 5) is 15.5. The minimum atomic E-state index is 0.00913. The van der Waals surface area contributed by atoms with Crippen molar-refractivity contribution in [3.05, 3.63) is 24.2 Å². The maximum Gasteiger partial charge on any atom is 0.216 e. The Balaban J connectivity index is 1.74. The number of nitrogens with one attached hydrogen (secondary N) is 3. The molecular formula is C17H28N4O2. The van der Waals surface area contributed by atoms with E-state index in [1.54, 1.807) is 6.26 Å². The van der Waals surface area contributed by atoms with Gasteiger partial charge in [-0.2, -0.15) is 0 Å². The molecule has 1 saturated carbocycles. The van der Waals surface area contributed by atoms with Crippen LogP contribution in [0.3, 0.4) is 0 Å². The van der Waals surface area contributed by atoms with Crippen LogP contribution >= 0.6 is 0 Å². The lowest BCUT2D eigenvalue weighted by molar-refractivity contribution is -0.118. The molecule has 0 spiro atoms. The zero-order valence-corrected chi connectivity index (χ0v) is 13.9. The van der Waals surface area contributed by atoms with E-state index in [4.69, 9.17) is 4.42 Å². The number of furan rings is 1. The Morgan fingerprint density at radius 3 is 2.83 bits per heavy atom. The molecule has 6 heteroatoms. The largest absolute Gasteiger partial charge is 0.469 e. The van der Waals surface area contributed by atoms with Gasteiger partial charge < -0.3 is 20.4 Å². The van der Waals surface area contributed by atoms with Gasteiger partial charge in [0.15, 0.2) is 5.96 Å². The Bertz CT molecular complexity index is 479. The lowest BCUT2D eigenvalue weighted by Crippen LogP contribution is -2.43. The Morgan fingerprint density at radius 2 is 2.13 bits per heavy atom. The van der Waals surface area contributed by atoms with Crippen molar-refractivity contribution in [1.29, 1.82) is 0 Å². The molecule has 1 amide bonds. The Hall–Kier alpha value is -1.98. The van der Waals surface area contributed by atoms with Crippen molar-refractivity contribution < 1.29 is 9.21 Å². The predicted octanol–water partition coefficient (Wildman–Crippen LogP) is 1.83. The van der Waals surface area contributed by atoms with E-state index in [9.17, 15) is 4.79 Å². The average Bonchev–Trinajstić information content (AvgIpc) is 3.19. The van der Waals surface area contributed by atoms with Gasteiger partial charge in [-0.1, -0.05) is 12.8 Å². The van der Waals surface area contributed by atoms with Crippen LogP contribution in [0.2, 0.25) is 0 Å². The second-order valence-electron chi connectivity index (χ2n) is 5.95. The van der Waals surface area contributed by atoms with E-state index < -0.39 is 0 Å². The summed E-state index contributed by atoms with van der Waals surface area (Å²) in [5.41, 5.74) is 0. The molecule has 0 aliphatic heterocycles. The highest BCUT2D eigenvalue weighted by Gasteiger charge is 2.15. The molecule has 0 radical (unpaired) electrons. The van der Waals surface area contributed by atoms with Gasteiger partial charge in [-0.15, -0.1) is 0 Å². The van der Waals surface area contributed by atoms with Crippen molar-refractivity contribution in [2.45, 2.75) is 51.5 Å². The molecule has 2 rings (SSSR count). The van der Waals surface area contributed by atoms with Crippen molar-refractivity contribution in [2.75, 3.05) is 19.6 Å². The number of carbonyl (C=O) groups is 1. The topological polar surface area (TPSA) is 78.7 Å². The second kappa shape index (κ2) is 9.92. The molecule has 0 bridgehead atoms. The molecule has 0 unspecified atom stereocenters. The minimum absolute atomic E-state index is 0.00913. The fraction of sp³-hybridized carbons (Fsp3) is 0.647. The summed E-state index contributed by atoms with van der Waals surface area (Å²) in [7, 11) is 0. The van der Waals surface area contributed by atoms with Crippen LogP contribution in [0.25, 0.3) is 0 Å². The smallest absolute Gasteiger partial charge is 0.216 e. The summed E-state index contributed by atoms with van der Waals surface area (Å²) in [6.07, 6.45) is 8.39. The maximum atomic E-state index is 10.8. The van der Waals surface area contributed by atoms with Crippen molar-refractivity contribution in [1.82, 2.24) is 16.0 Å². The minimum Gasteiger partial charge on any atom is -0.469 e. The fourth-order valence-corrected chi connectivity index (χ4v) is 2.71. The van der Waals surface area contributed by atoms with Crippen molar-refractivity contribution in [3.63, 3.8) is 0 Å². The molecule has 6 nitrogen and oxygen atoms in total. The molecule has 0 aromatic carbocycles. The highest BCUT2D eigenvalue weighted by atomic mass is 16.3. The number of hydrogen-bond acceptors (Lipinski definition) is 3. The Labute approximate surface area is 138 Å². The third-order valence-electron chi connectivity index (χ3n) is 3.92. The average molecular weight is 320 g/mol. The summed E-state index contributed by atoms with van der Waals surface area (Å²) in [6.45, 7) is 3.69. The van der Waals surface area contributed by atoms with Crippen LogP contribution in [0.1, 0.15) is 44.8 Å². The van der Waals surface area contributed by atoms with Gasteiger partial charge >= 0.3 is 0 Å². The monoisotopic (exact) mass is 320 g/mol. The lowest BCUT2D eigenvalue weighted by Gasteiger charge is -2.17. The highest BCUT2D eigenvalue weighted by Crippen LogP contribution is 2.17. The standard InChI is InChI=1S/C17H28N4O2/c1-14(22)18-10-5-11-19-17(21-15-6-2-3-7-15)20-12-9-16-8-4-13-23-16/h4,8,13,15H,2-3,5-7,9-12H2,1H3,(H,18,22)(H2,19,20,21). The zero-order chi connectivity index (χ0) is 16.3. The predicted molar refractivity (Wildman–Crippen MR) is 91.4 cm³/mol. The summed E-state index contributed by atoms with van der Waals surface area (Å²) in [6, 6.07) is 4.42. The highest BCUT2D eigenvalue weighted by molar-refractivity contribution is 5.80. The number of hydrogen-bond donors (Lipinski definition) is 3. The normalized spacial score (nSPS) is 15.6. The van der Waals surface area contributed by atoms with E-state index in [-0.39, 0.29) is 5.91 Å². The molecule has 1 aromatic rings. The first-order valence-corrected chi connectivity index (χ1v) is 8.55. The quantitative estimate of drug-likeness (QED) is 0.388. The van der Waals surface area contributed by atoms with Gasteiger partial charge in [0.2, 0.25) is 5.91 Å². The summed E-state index contributed by atoms with van der Waals surface area (Å²) >= 11 is 0. The number of carbonyl (C=O) groups excluding carboxylic acids is 1. The summed E-state index contributed by atoms with van der Waals surface area (Å²) in [5, 5.41) is 9.69. The van der Waals surface area contributed by atoms with Crippen LogP contribution < -0.4 is 16.0 Å². The fourth-order valence-electron chi connectivity index (χ4n) is 2.71. The van der Waals surface area contributed by atoms with Crippen LogP contribution in [0.4, 0.5) is 0 Å². The van der Waals surface area contributed by atoms with Crippen molar-refractivity contribution in [2.24, 2.45) is 4.99 Å². The van der Waals surface area contributed by atoms with Gasteiger partial charge in [-0.05, 0) is 31.4 Å². The summed E-state index contributed by atoms with van der Waals surface area (Å²) < 4.78 is 5.34. The SMILES string of the molecule is CC(=O)NCCCN=C(NCCc1ccco1)NC1CCCC1. The molecule has 1 heterocycles. The van der Waals surface area contributed by atoms with Crippen LogP contribution in [0.5, 0.6) is 0 Å². The third-order valence-corrected chi connectivity index (χ3v) is 3.92. The van der Waals surface area contributed by atoms with E-state index in [1.807, 2.05) is 12.1 Å². The Morgan fingerprint density at radius 1 is 1.30 bits per heavy atom. The van der Waals surface area contributed by atoms with Crippen LogP contribution in [-0.2, 0) is 11.2 Å². The van der Waals surface area contributed by atoms with Gasteiger partial charge in [0.1, 0.15) is 5.76 Å². The van der Waals surface area contributed by atoms with Crippen molar-refractivity contribution in [3.8, 4) is 0 Å². The summed E-state index contributed by atoms with van der Waals surface area (Å²) in [5.74, 6) is 1.85. The molecule has 128 valence electrons. The molecule has 0 atom stereocenters. The first kappa shape index (κ1) is 17.4. The van der Waals surface area contributed by atoms with Crippen LogP contribution in [-0.4, -0.2) is 37.5 Å². The van der Waals surface area contributed by atoms with Gasteiger partial charge in [-0.3, -0.25) is 9.79 Å². The third kappa shape index (κ3) is 7.21. The van der Waals surface area contributed by atoms with Crippen LogP contribution in [0.15, 0.2) is 27.8 Å². The molecular weight excluding hydrogens is 292 g/mol. The Kier molecular flexibility index (Phi) is 7.49. The second-order valence-corrected chi connectivity index (χ2v) is 5.95. The van der Waals surface area contributed by atoms with Crippen molar-refractivity contribution >= 4 is 11.9 Å². The first-order chi connectivity index (χ1) is 11.2. The van der Waals surface area contributed by atoms with E-state index in [1.165, 1.54) is 32.6 Å². The van der Waals surface area contributed by atoms with E-state index in [0.717, 1.165) is 31.1 Å². The number of aliphatic imine (C=N–C) groups is 1. The molecule has 1 aromatic heterocycles. The molecule has 1 fully saturated rings. The number of guanidine groups is 1. The molecule has 3 N–H and O–H groups in total. The maximum absolute atomic E-state index is 10.8. The molecule has 1 aliphatic rings. The van der Waals surface area contributed by atoms with Gasteiger partial charge in [-0.25, -0.2) is 0 Å². The van der Waals surface area contributed by atoms with E-state index >= 15 is 0 Å². The van der Waals surface area contributed by atoms with Gasteiger partial charge in [0.25, 0.3) is 0 Å². The van der Waals surface area contributed by atoms with Crippen LogP contribution in [0, 0.1) is 0 Å². The number of nitrogens with zero attached hydrogens (tertiary/aromatic N) is 1.